The summed E-state index contributed by atoms with van der Waals surface area (Å²) in [5.41, 5.74) is 2.83. The minimum absolute atomic E-state index is 0.0186. The number of halogens is 1. The summed E-state index contributed by atoms with van der Waals surface area (Å²) in [6.07, 6.45) is 0.703. The lowest BCUT2D eigenvalue weighted by Crippen LogP contribution is -2.32. The topological polar surface area (TPSA) is 38.3 Å². The molecule has 2 aromatic carbocycles. The molecule has 0 bridgehead atoms. The van der Waals surface area contributed by atoms with Gasteiger partial charge in [-0.2, -0.15) is 0 Å². The number of aryl methyl sites for hydroxylation is 1. The fraction of sp³-hybridized carbons (Fsp3) is 0.235. The van der Waals surface area contributed by atoms with Crippen LogP contribution in [0.2, 0.25) is 5.02 Å². The highest BCUT2D eigenvalue weighted by Gasteiger charge is 2.26. The first kappa shape index (κ1) is 14.0. The lowest BCUT2D eigenvalue weighted by molar-refractivity contribution is -0.121. The van der Waals surface area contributed by atoms with Crippen molar-refractivity contribution in [2.24, 2.45) is 5.92 Å². The Hall–Kier alpha value is -2.00. The van der Waals surface area contributed by atoms with Crippen LogP contribution in [0, 0.1) is 12.8 Å². The summed E-state index contributed by atoms with van der Waals surface area (Å²) in [4.78, 5) is 12.4. The zero-order chi connectivity index (χ0) is 14.8. The monoisotopic (exact) mass is 301 g/mol. The highest BCUT2D eigenvalue weighted by atomic mass is 35.5. The quantitative estimate of drug-likeness (QED) is 0.915. The van der Waals surface area contributed by atoms with Crippen LogP contribution in [-0.2, 0) is 11.2 Å². The van der Waals surface area contributed by atoms with Crippen molar-refractivity contribution in [1.82, 2.24) is 0 Å². The molecule has 0 saturated carbocycles. The van der Waals surface area contributed by atoms with Gasteiger partial charge in [0, 0.05) is 10.7 Å². The summed E-state index contributed by atoms with van der Waals surface area (Å²) in [6.45, 7) is 2.34. The van der Waals surface area contributed by atoms with Crippen LogP contribution in [0.5, 0.6) is 5.75 Å². The average molecular weight is 302 g/mol. The third kappa shape index (κ3) is 3.03. The number of hydrogen-bond acceptors (Lipinski definition) is 2. The number of carbonyl (C=O) groups is 1. The van der Waals surface area contributed by atoms with Crippen molar-refractivity contribution in [3.8, 4) is 5.75 Å². The van der Waals surface area contributed by atoms with E-state index in [-0.39, 0.29) is 11.8 Å². The second kappa shape index (κ2) is 5.78. The lowest BCUT2D eigenvalue weighted by atomic mass is 9.96. The van der Waals surface area contributed by atoms with Crippen molar-refractivity contribution in [3.05, 3.63) is 58.6 Å². The van der Waals surface area contributed by atoms with Crippen LogP contribution in [0.3, 0.4) is 0 Å². The molecule has 1 N–H and O–H groups in total. The first-order chi connectivity index (χ1) is 10.1. The van der Waals surface area contributed by atoms with Crippen LogP contribution in [0.4, 0.5) is 5.69 Å². The molecule has 0 saturated heterocycles. The van der Waals surface area contributed by atoms with E-state index < -0.39 is 0 Å². The van der Waals surface area contributed by atoms with E-state index >= 15 is 0 Å². The standard InChI is InChI=1S/C17H16ClNO2/c1-11-8-14(18)6-7-15(11)19-17(20)13-9-12-4-2-3-5-16(12)21-10-13/h2-8,13H,9-10H2,1H3,(H,19,20). The third-order valence-electron chi connectivity index (χ3n) is 3.70. The molecule has 0 fully saturated rings. The highest BCUT2D eigenvalue weighted by molar-refractivity contribution is 6.30. The number of hydrogen-bond donors (Lipinski definition) is 1. The van der Waals surface area contributed by atoms with Crippen LogP contribution in [0.25, 0.3) is 0 Å². The molecule has 0 radical (unpaired) electrons. The van der Waals surface area contributed by atoms with Gasteiger partial charge >= 0.3 is 0 Å². The van der Waals surface area contributed by atoms with E-state index in [1.54, 1.807) is 6.07 Å². The van der Waals surface area contributed by atoms with Gasteiger partial charge in [0.25, 0.3) is 0 Å². The number of carbonyl (C=O) groups excluding carboxylic acids is 1. The van der Waals surface area contributed by atoms with Crippen LogP contribution in [0.15, 0.2) is 42.5 Å². The molecule has 1 aliphatic rings. The van der Waals surface area contributed by atoms with Crippen molar-refractivity contribution in [2.75, 3.05) is 11.9 Å². The van der Waals surface area contributed by atoms with Gasteiger partial charge in [0.1, 0.15) is 12.4 Å². The molecule has 2 aromatic rings. The molecule has 4 heteroatoms. The summed E-state index contributed by atoms with van der Waals surface area (Å²) in [5, 5.41) is 3.63. The Morgan fingerprint density at radius 1 is 1.29 bits per heavy atom. The minimum atomic E-state index is -0.171. The van der Waals surface area contributed by atoms with Gasteiger partial charge in [-0.15, -0.1) is 0 Å². The number of amides is 1. The van der Waals surface area contributed by atoms with Crippen molar-refractivity contribution < 1.29 is 9.53 Å². The molecule has 1 heterocycles. The van der Waals surface area contributed by atoms with Gasteiger partial charge in [-0.1, -0.05) is 29.8 Å². The number of benzene rings is 2. The zero-order valence-electron chi connectivity index (χ0n) is 11.7. The summed E-state index contributed by atoms with van der Waals surface area (Å²) >= 11 is 5.93. The zero-order valence-corrected chi connectivity index (χ0v) is 12.5. The van der Waals surface area contributed by atoms with E-state index in [4.69, 9.17) is 16.3 Å². The number of ether oxygens (including phenoxy) is 1. The van der Waals surface area contributed by atoms with Gasteiger partial charge in [-0.25, -0.2) is 0 Å². The van der Waals surface area contributed by atoms with E-state index in [1.165, 1.54) is 0 Å². The Morgan fingerprint density at radius 2 is 2.10 bits per heavy atom. The fourth-order valence-corrected chi connectivity index (χ4v) is 2.73. The van der Waals surface area contributed by atoms with E-state index in [0.717, 1.165) is 22.6 Å². The number of fused-ring (bicyclic) bond motifs is 1. The molecule has 0 aliphatic carbocycles. The van der Waals surface area contributed by atoms with Crippen LogP contribution >= 0.6 is 11.6 Å². The van der Waals surface area contributed by atoms with Crippen LogP contribution < -0.4 is 10.1 Å². The van der Waals surface area contributed by atoms with Crippen molar-refractivity contribution in [3.63, 3.8) is 0 Å². The Morgan fingerprint density at radius 3 is 2.90 bits per heavy atom. The van der Waals surface area contributed by atoms with Gasteiger partial charge in [-0.3, -0.25) is 4.79 Å². The van der Waals surface area contributed by atoms with Crippen molar-refractivity contribution in [2.45, 2.75) is 13.3 Å². The molecule has 1 unspecified atom stereocenters. The fourth-order valence-electron chi connectivity index (χ4n) is 2.50. The molecule has 3 rings (SSSR count). The number of nitrogens with one attached hydrogen (secondary N) is 1. The predicted octanol–water partition coefficient (Wildman–Crippen LogP) is 3.84. The van der Waals surface area contributed by atoms with Crippen LogP contribution in [-0.4, -0.2) is 12.5 Å². The van der Waals surface area contributed by atoms with Gasteiger partial charge in [-0.05, 0) is 48.7 Å². The first-order valence-electron chi connectivity index (χ1n) is 6.91. The van der Waals surface area contributed by atoms with Gasteiger partial charge < -0.3 is 10.1 Å². The molecule has 3 nitrogen and oxygen atoms in total. The maximum absolute atomic E-state index is 12.4. The summed E-state index contributed by atoms with van der Waals surface area (Å²) in [6, 6.07) is 13.3. The molecule has 1 aliphatic heterocycles. The van der Waals surface area contributed by atoms with Crippen LogP contribution in [0.1, 0.15) is 11.1 Å². The number of para-hydroxylation sites is 1. The molecule has 1 amide bonds. The van der Waals surface area contributed by atoms with Gasteiger partial charge in [0.15, 0.2) is 0 Å². The first-order valence-corrected chi connectivity index (χ1v) is 7.29. The molecule has 0 spiro atoms. The maximum Gasteiger partial charge on any atom is 0.231 e. The largest absolute Gasteiger partial charge is 0.492 e. The smallest absolute Gasteiger partial charge is 0.231 e. The Bertz CT molecular complexity index is 684. The van der Waals surface area contributed by atoms with E-state index in [1.807, 2.05) is 43.3 Å². The summed E-state index contributed by atoms with van der Waals surface area (Å²) < 4.78 is 5.66. The Kier molecular flexibility index (Phi) is 3.84. The number of rotatable bonds is 2. The maximum atomic E-state index is 12.4. The van der Waals surface area contributed by atoms with Gasteiger partial charge in [0.05, 0.1) is 5.92 Å². The van der Waals surface area contributed by atoms with Crippen molar-refractivity contribution >= 4 is 23.2 Å². The minimum Gasteiger partial charge on any atom is -0.492 e. The van der Waals surface area contributed by atoms with Crippen molar-refractivity contribution in [1.29, 1.82) is 0 Å². The predicted molar refractivity (Wildman–Crippen MR) is 83.9 cm³/mol. The normalized spacial score (nSPS) is 16.8. The average Bonchev–Trinajstić information content (AvgIpc) is 2.49. The molecule has 21 heavy (non-hydrogen) atoms. The molecule has 0 aromatic heterocycles. The lowest BCUT2D eigenvalue weighted by Gasteiger charge is -2.24. The van der Waals surface area contributed by atoms with Gasteiger partial charge in [0.2, 0.25) is 5.91 Å². The van der Waals surface area contributed by atoms with E-state index in [2.05, 4.69) is 5.32 Å². The third-order valence-corrected chi connectivity index (χ3v) is 3.93. The Labute approximate surface area is 128 Å². The second-order valence-corrected chi connectivity index (χ2v) is 5.70. The van der Waals surface area contributed by atoms with E-state index in [0.29, 0.717) is 18.1 Å². The SMILES string of the molecule is Cc1cc(Cl)ccc1NC(=O)C1COc2ccccc2C1. The molecular formula is C17H16ClNO2. The second-order valence-electron chi connectivity index (χ2n) is 5.27. The molecular weight excluding hydrogens is 286 g/mol. The highest BCUT2D eigenvalue weighted by Crippen LogP contribution is 2.28. The summed E-state index contributed by atoms with van der Waals surface area (Å²) in [7, 11) is 0. The van der Waals surface area contributed by atoms with E-state index in [9.17, 15) is 4.79 Å². The molecule has 1 atom stereocenters. The summed E-state index contributed by atoms with van der Waals surface area (Å²) in [5.74, 6) is 0.689. The molecule has 108 valence electrons. The Balaban J connectivity index is 1.72. The number of anilines is 1.